The summed E-state index contributed by atoms with van der Waals surface area (Å²) in [7, 11) is 0.389. The molecule has 0 saturated carbocycles. The number of nitrogens with zero attached hydrogens (tertiary/aromatic N) is 3. The number of para-hydroxylation sites is 2. The van der Waals surface area contributed by atoms with Crippen molar-refractivity contribution < 1.29 is 18.0 Å². The van der Waals surface area contributed by atoms with Crippen molar-refractivity contribution in [2.24, 2.45) is 11.7 Å². The third kappa shape index (κ3) is 4.84. The Kier molecular flexibility index (Phi) is 8.42. The number of halogens is 1. The van der Waals surface area contributed by atoms with Crippen LogP contribution in [-0.2, 0) is 26.3 Å². The Balaban J connectivity index is 0.00000400. The van der Waals surface area contributed by atoms with Crippen LogP contribution in [-0.4, -0.2) is 57.8 Å². The smallest absolute Gasteiger partial charge is 0.303 e. The van der Waals surface area contributed by atoms with Crippen LogP contribution in [0.2, 0.25) is 0 Å². The van der Waals surface area contributed by atoms with Crippen LogP contribution in [0.15, 0.2) is 60.7 Å². The van der Waals surface area contributed by atoms with E-state index in [4.69, 9.17) is 5.73 Å². The van der Waals surface area contributed by atoms with E-state index in [-0.39, 0.29) is 25.5 Å². The maximum absolute atomic E-state index is 14.4. The first kappa shape index (κ1) is 29.4. The summed E-state index contributed by atoms with van der Waals surface area (Å²) in [6.07, 6.45) is 0. The van der Waals surface area contributed by atoms with Gasteiger partial charge >= 0.3 is 10.2 Å². The molecule has 0 fully saturated rings. The van der Waals surface area contributed by atoms with Gasteiger partial charge in [-0.3, -0.25) is 13.9 Å². The van der Waals surface area contributed by atoms with Crippen molar-refractivity contribution in [2.45, 2.75) is 25.9 Å². The van der Waals surface area contributed by atoms with Crippen LogP contribution in [0.4, 0.5) is 11.4 Å². The molecule has 2 amide bonds. The van der Waals surface area contributed by atoms with Crippen LogP contribution in [0.5, 0.6) is 0 Å². The number of fused-ring (bicyclic) bond motifs is 2. The number of aryl methyl sites for hydroxylation is 1. The summed E-state index contributed by atoms with van der Waals surface area (Å²) in [5, 5.41) is 4.93. The van der Waals surface area contributed by atoms with Gasteiger partial charge in [-0.2, -0.15) is 12.7 Å². The molecule has 1 heterocycles. The lowest BCUT2D eigenvalue weighted by Gasteiger charge is -2.37. The number of benzene rings is 3. The zero-order valence-corrected chi connectivity index (χ0v) is 23.8. The van der Waals surface area contributed by atoms with Gasteiger partial charge in [0.05, 0.1) is 23.8 Å². The second kappa shape index (κ2) is 10.9. The molecule has 0 radical (unpaired) electrons. The molecule has 1 unspecified atom stereocenters. The average Bonchev–Trinajstić information content (AvgIpc) is 3.00. The van der Waals surface area contributed by atoms with E-state index in [1.54, 1.807) is 36.2 Å². The van der Waals surface area contributed by atoms with Crippen molar-refractivity contribution in [1.82, 2.24) is 9.62 Å². The lowest BCUT2D eigenvalue weighted by molar-refractivity contribution is -0.133. The molecule has 0 saturated heterocycles. The molecule has 0 spiro atoms. The maximum atomic E-state index is 14.4. The Bertz CT molecular complexity index is 1480. The summed E-state index contributed by atoms with van der Waals surface area (Å²) in [4.78, 5) is 28.6. The van der Waals surface area contributed by atoms with Crippen molar-refractivity contribution in [3.05, 3.63) is 71.8 Å². The van der Waals surface area contributed by atoms with Crippen molar-refractivity contribution in [1.29, 1.82) is 0 Å². The highest BCUT2D eigenvalue weighted by Crippen LogP contribution is 2.40. The van der Waals surface area contributed by atoms with E-state index in [0.717, 1.165) is 26.2 Å². The molecule has 0 bridgehead atoms. The number of amides is 2. The lowest BCUT2D eigenvalue weighted by atomic mass is 9.83. The first-order valence-electron chi connectivity index (χ1n) is 12.0. The van der Waals surface area contributed by atoms with Gasteiger partial charge in [0, 0.05) is 20.6 Å². The normalized spacial score (nSPS) is 17.5. The minimum atomic E-state index is -4.02. The van der Waals surface area contributed by atoms with E-state index in [0.29, 0.717) is 11.4 Å². The number of likely N-dealkylation sites (N-methyl/N-ethyl adjacent to an activating group) is 1. The summed E-state index contributed by atoms with van der Waals surface area (Å²) in [5.41, 5.74) is 7.01. The molecule has 4 rings (SSSR count). The molecule has 0 aliphatic carbocycles. The molecule has 204 valence electrons. The Labute approximate surface area is 230 Å². The van der Waals surface area contributed by atoms with E-state index >= 15 is 0 Å². The maximum Gasteiger partial charge on any atom is 0.303 e. The minimum absolute atomic E-state index is 0. The number of rotatable bonds is 7. The van der Waals surface area contributed by atoms with Crippen molar-refractivity contribution in [3.8, 4) is 0 Å². The first-order valence-corrected chi connectivity index (χ1v) is 13.4. The average molecular weight is 560 g/mol. The van der Waals surface area contributed by atoms with Gasteiger partial charge in [0.2, 0.25) is 11.8 Å². The molecule has 9 nitrogen and oxygen atoms in total. The third-order valence-corrected chi connectivity index (χ3v) is 9.24. The predicted octanol–water partition coefficient (Wildman–Crippen LogP) is 2.81. The highest BCUT2D eigenvalue weighted by molar-refractivity contribution is 7.90. The number of anilines is 2. The molecule has 1 aliphatic rings. The van der Waals surface area contributed by atoms with E-state index in [9.17, 15) is 18.0 Å². The molecule has 11 heteroatoms. The third-order valence-electron chi connectivity index (χ3n) is 7.41. The van der Waals surface area contributed by atoms with Crippen LogP contribution in [0, 0.1) is 12.8 Å². The zero-order chi connectivity index (χ0) is 27.1. The molecular formula is C27H34ClN5O4S. The van der Waals surface area contributed by atoms with Gasteiger partial charge in [-0.25, -0.2) is 0 Å². The molecule has 3 aromatic rings. The number of nitrogens with two attached hydrogens (primary N) is 1. The summed E-state index contributed by atoms with van der Waals surface area (Å²) < 4.78 is 29.3. The van der Waals surface area contributed by atoms with Crippen LogP contribution < -0.4 is 20.3 Å². The Hall–Kier alpha value is -3.18. The van der Waals surface area contributed by atoms with Crippen LogP contribution in [0.1, 0.15) is 18.1 Å². The fourth-order valence-corrected chi connectivity index (χ4v) is 5.98. The quantitative estimate of drug-likeness (QED) is 0.462. The van der Waals surface area contributed by atoms with Gasteiger partial charge in [-0.1, -0.05) is 48.5 Å². The molecule has 3 aromatic carbocycles. The van der Waals surface area contributed by atoms with Crippen molar-refractivity contribution in [3.63, 3.8) is 0 Å². The largest absolute Gasteiger partial charge is 0.368 e. The Morgan fingerprint density at radius 2 is 1.68 bits per heavy atom. The molecular weight excluding hydrogens is 526 g/mol. The first-order chi connectivity index (χ1) is 17.4. The second-order valence-corrected chi connectivity index (χ2v) is 11.8. The number of carbonyl (C=O) groups is 2. The van der Waals surface area contributed by atoms with E-state index < -0.39 is 33.5 Å². The number of hydrogen-bond acceptors (Lipinski definition) is 5. The molecule has 2 atom stereocenters. The minimum Gasteiger partial charge on any atom is -0.368 e. The SMILES string of the molecule is CNC(C)(C(N)=O)[C@@H]1CN(S(=O)(=O)N(C)C)c2ccccc2N(Cc2c(C)ccc3ccccc23)C1=O.Cl. The summed E-state index contributed by atoms with van der Waals surface area (Å²) in [6.45, 7) is 3.45. The lowest BCUT2D eigenvalue weighted by Crippen LogP contribution is -2.63. The van der Waals surface area contributed by atoms with E-state index in [1.165, 1.54) is 25.3 Å². The van der Waals surface area contributed by atoms with Gasteiger partial charge < -0.3 is 16.0 Å². The highest BCUT2D eigenvalue weighted by atomic mass is 35.5. The van der Waals surface area contributed by atoms with E-state index in [1.807, 2.05) is 43.3 Å². The van der Waals surface area contributed by atoms with Crippen molar-refractivity contribution >= 4 is 56.6 Å². The number of carbonyl (C=O) groups excluding carboxylic acids is 2. The summed E-state index contributed by atoms with van der Waals surface area (Å²) >= 11 is 0. The van der Waals surface area contributed by atoms with Crippen molar-refractivity contribution in [2.75, 3.05) is 36.9 Å². The van der Waals surface area contributed by atoms with Gasteiger partial charge in [0.25, 0.3) is 0 Å². The Morgan fingerprint density at radius 3 is 2.29 bits per heavy atom. The van der Waals surface area contributed by atoms with Gasteiger partial charge in [0.1, 0.15) is 5.54 Å². The molecule has 1 aliphatic heterocycles. The van der Waals surface area contributed by atoms with Crippen LogP contribution in [0.25, 0.3) is 10.8 Å². The number of hydrogen-bond donors (Lipinski definition) is 2. The zero-order valence-electron chi connectivity index (χ0n) is 22.1. The van der Waals surface area contributed by atoms with Gasteiger partial charge in [-0.15, -0.1) is 12.4 Å². The highest BCUT2D eigenvalue weighted by Gasteiger charge is 2.49. The monoisotopic (exact) mass is 559 g/mol. The molecule has 38 heavy (non-hydrogen) atoms. The fraction of sp³-hybridized carbons (Fsp3) is 0.333. The number of nitrogens with one attached hydrogen (secondary N) is 1. The van der Waals surface area contributed by atoms with E-state index in [2.05, 4.69) is 5.32 Å². The second-order valence-electron chi connectivity index (χ2n) is 9.69. The number of primary amides is 1. The predicted molar refractivity (Wildman–Crippen MR) is 154 cm³/mol. The van der Waals surface area contributed by atoms with Crippen LogP contribution in [0.3, 0.4) is 0 Å². The fourth-order valence-electron chi connectivity index (χ4n) is 4.84. The summed E-state index contributed by atoms with van der Waals surface area (Å²) in [6, 6.07) is 18.9. The Morgan fingerprint density at radius 1 is 1.08 bits per heavy atom. The standard InChI is InChI=1S/C27H33N5O4S.ClH/c1-18-14-15-19-10-6-7-11-20(19)21(18)16-31-23-12-8-9-13-24(23)32(37(35,36)30(4)5)17-22(25(31)33)27(2,29-3)26(28)34;/h6-15,22,29H,16-17H2,1-5H3,(H2,28,34);1H/t22-,27?;/m1./s1. The summed E-state index contributed by atoms with van der Waals surface area (Å²) in [5.74, 6) is -2.25. The van der Waals surface area contributed by atoms with Crippen LogP contribution >= 0.6 is 12.4 Å². The molecule has 3 N–H and O–H groups in total. The van der Waals surface area contributed by atoms with Gasteiger partial charge in [-0.05, 0) is 54.9 Å². The van der Waals surface area contributed by atoms with Gasteiger partial charge in [0.15, 0.2) is 0 Å². The topological polar surface area (TPSA) is 116 Å². The molecule has 0 aromatic heterocycles.